The molecule has 2 fully saturated rings. The molecule has 1 aromatic carbocycles. The maximum atomic E-state index is 13.2. The highest BCUT2D eigenvalue weighted by atomic mass is 16.5. The predicted molar refractivity (Wildman–Crippen MR) is 91.0 cm³/mol. The Morgan fingerprint density at radius 3 is 2.62 bits per heavy atom. The number of likely N-dealkylation sites (N-methyl/N-ethyl adjacent to an activating group) is 1. The molecule has 6 heteroatoms. The third kappa shape index (κ3) is 3.08. The van der Waals surface area contributed by atoms with Crippen LogP contribution in [0.5, 0.6) is 11.5 Å². The van der Waals surface area contributed by atoms with Gasteiger partial charge in [-0.25, -0.2) is 0 Å². The zero-order valence-corrected chi connectivity index (χ0v) is 14.9. The van der Waals surface area contributed by atoms with Gasteiger partial charge in [0.2, 0.25) is 0 Å². The van der Waals surface area contributed by atoms with Crippen molar-refractivity contribution in [2.45, 2.75) is 25.5 Å². The van der Waals surface area contributed by atoms with Gasteiger partial charge in [-0.3, -0.25) is 4.79 Å². The van der Waals surface area contributed by atoms with Crippen molar-refractivity contribution < 1.29 is 19.0 Å². The molecule has 132 valence electrons. The molecule has 2 saturated heterocycles. The molecular weight excluding hydrogens is 308 g/mol. The minimum atomic E-state index is 0.0436. The SMILES string of the molecule is COc1cc(C)c(C(=O)N2CCO[C@H]3CCN(C)C[C@H]32)cc1OC. The highest BCUT2D eigenvalue weighted by molar-refractivity contribution is 5.96. The summed E-state index contributed by atoms with van der Waals surface area (Å²) in [5.74, 6) is 1.27. The molecule has 2 aliphatic rings. The zero-order chi connectivity index (χ0) is 17.3. The van der Waals surface area contributed by atoms with E-state index in [-0.39, 0.29) is 18.1 Å². The van der Waals surface area contributed by atoms with Crippen LogP contribution in [0.1, 0.15) is 22.3 Å². The van der Waals surface area contributed by atoms with E-state index in [0.717, 1.165) is 25.1 Å². The summed E-state index contributed by atoms with van der Waals surface area (Å²) in [5.41, 5.74) is 1.56. The number of hydrogen-bond acceptors (Lipinski definition) is 5. The van der Waals surface area contributed by atoms with E-state index in [1.165, 1.54) is 0 Å². The third-order valence-electron chi connectivity index (χ3n) is 5.01. The number of methoxy groups -OCH3 is 2. The van der Waals surface area contributed by atoms with Crippen molar-refractivity contribution >= 4 is 5.91 Å². The number of morpholine rings is 1. The van der Waals surface area contributed by atoms with E-state index < -0.39 is 0 Å². The Balaban J connectivity index is 1.90. The van der Waals surface area contributed by atoms with E-state index in [1.54, 1.807) is 20.3 Å². The van der Waals surface area contributed by atoms with Gasteiger partial charge in [-0.2, -0.15) is 0 Å². The van der Waals surface area contributed by atoms with Crippen LogP contribution in [0.3, 0.4) is 0 Å². The van der Waals surface area contributed by atoms with E-state index in [2.05, 4.69) is 11.9 Å². The molecule has 6 nitrogen and oxygen atoms in total. The van der Waals surface area contributed by atoms with Crippen LogP contribution in [-0.2, 0) is 4.74 Å². The third-order valence-corrected chi connectivity index (χ3v) is 5.01. The van der Waals surface area contributed by atoms with E-state index in [0.29, 0.717) is 30.2 Å². The summed E-state index contributed by atoms with van der Waals surface area (Å²) in [6, 6.07) is 3.75. The van der Waals surface area contributed by atoms with E-state index in [1.807, 2.05) is 17.9 Å². The number of benzene rings is 1. The van der Waals surface area contributed by atoms with Crippen LogP contribution in [-0.4, -0.2) is 75.4 Å². The van der Waals surface area contributed by atoms with Gasteiger partial charge in [-0.1, -0.05) is 0 Å². The second-order valence-electron chi connectivity index (χ2n) is 6.55. The summed E-state index contributed by atoms with van der Waals surface area (Å²) in [7, 11) is 5.28. The summed E-state index contributed by atoms with van der Waals surface area (Å²) < 4.78 is 16.6. The minimum absolute atomic E-state index is 0.0436. The van der Waals surface area contributed by atoms with Crippen LogP contribution in [0, 0.1) is 6.92 Å². The van der Waals surface area contributed by atoms with E-state index >= 15 is 0 Å². The molecule has 2 aliphatic heterocycles. The average molecular weight is 334 g/mol. The number of hydrogen-bond donors (Lipinski definition) is 0. The normalized spacial score (nSPS) is 24.4. The van der Waals surface area contributed by atoms with Gasteiger partial charge >= 0.3 is 0 Å². The van der Waals surface area contributed by atoms with Crippen molar-refractivity contribution in [3.63, 3.8) is 0 Å². The predicted octanol–water partition coefficient (Wildman–Crippen LogP) is 1.56. The van der Waals surface area contributed by atoms with Gasteiger partial charge in [-0.15, -0.1) is 0 Å². The van der Waals surface area contributed by atoms with E-state index in [9.17, 15) is 4.79 Å². The highest BCUT2D eigenvalue weighted by Gasteiger charge is 2.39. The Bertz CT molecular complexity index is 619. The lowest BCUT2D eigenvalue weighted by molar-refractivity contribution is -0.0870. The molecule has 0 aliphatic carbocycles. The molecule has 2 heterocycles. The van der Waals surface area contributed by atoms with Crippen molar-refractivity contribution in [1.29, 1.82) is 0 Å². The lowest BCUT2D eigenvalue weighted by atomic mass is 9.97. The molecule has 3 rings (SSSR count). The van der Waals surface area contributed by atoms with Crippen molar-refractivity contribution in [1.82, 2.24) is 9.80 Å². The number of carbonyl (C=O) groups is 1. The molecule has 0 aromatic heterocycles. The summed E-state index contributed by atoms with van der Waals surface area (Å²) in [6.07, 6.45) is 1.11. The number of piperidine rings is 1. The number of likely N-dealkylation sites (tertiary alicyclic amines) is 1. The molecule has 0 radical (unpaired) electrons. The quantitative estimate of drug-likeness (QED) is 0.840. The first-order valence-electron chi connectivity index (χ1n) is 8.39. The number of rotatable bonds is 3. The summed E-state index contributed by atoms with van der Waals surface area (Å²) in [4.78, 5) is 17.4. The molecule has 0 bridgehead atoms. The lowest BCUT2D eigenvalue weighted by Crippen LogP contribution is -2.60. The van der Waals surface area contributed by atoms with Gasteiger partial charge in [0.1, 0.15) is 0 Å². The summed E-state index contributed by atoms with van der Waals surface area (Å²) in [5, 5.41) is 0. The molecule has 0 unspecified atom stereocenters. The van der Waals surface area contributed by atoms with Gasteiger partial charge < -0.3 is 24.0 Å². The minimum Gasteiger partial charge on any atom is -0.493 e. The van der Waals surface area contributed by atoms with Gasteiger partial charge in [0.25, 0.3) is 5.91 Å². The van der Waals surface area contributed by atoms with Crippen LogP contribution in [0.25, 0.3) is 0 Å². The monoisotopic (exact) mass is 334 g/mol. The number of aryl methyl sites for hydroxylation is 1. The second kappa shape index (κ2) is 6.99. The Morgan fingerprint density at radius 2 is 1.92 bits per heavy atom. The lowest BCUT2D eigenvalue weighted by Gasteiger charge is -2.46. The van der Waals surface area contributed by atoms with Crippen LogP contribution >= 0.6 is 0 Å². The fourth-order valence-electron chi connectivity index (χ4n) is 3.65. The highest BCUT2D eigenvalue weighted by Crippen LogP contribution is 2.32. The molecular formula is C18H26N2O4. The number of carbonyl (C=O) groups excluding carboxylic acids is 1. The van der Waals surface area contributed by atoms with E-state index in [4.69, 9.17) is 14.2 Å². The molecule has 0 N–H and O–H groups in total. The Morgan fingerprint density at radius 1 is 1.21 bits per heavy atom. The topological polar surface area (TPSA) is 51.2 Å². The number of fused-ring (bicyclic) bond motifs is 1. The molecule has 2 atom stereocenters. The zero-order valence-electron chi connectivity index (χ0n) is 14.9. The van der Waals surface area contributed by atoms with Crippen LogP contribution in [0.15, 0.2) is 12.1 Å². The van der Waals surface area contributed by atoms with Crippen molar-refractivity contribution in [2.75, 3.05) is 47.5 Å². The standard InChI is InChI=1S/C18H26N2O4/c1-12-9-16(22-3)17(23-4)10-13(12)18(21)20-7-8-24-15-5-6-19(2)11-14(15)20/h9-10,14-15H,5-8,11H2,1-4H3/t14-,15+/m1/s1. The van der Waals surface area contributed by atoms with Gasteiger partial charge in [0, 0.05) is 25.2 Å². The maximum Gasteiger partial charge on any atom is 0.254 e. The second-order valence-corrected chi connectivity index (χ2v) is 6.55. The molecule has 1 aromatic rings. The first-order valence-corrected chi connectivity index (χ1v) is 8.39. The fourth-order valence-corrected chi connectivity index (χ4v) is 3.65. The summed E-state index contributed by atoms with van der Waals surface area (Å²) in [6.45, 7) is 5.02. The van der Waals surface area contributed by atoms with Gasteiger partial charge in [0.15, 0.2) is 11.5 Å². The fraction of sp³-hybridized carbons (Fsp3) is 0.611. The Labute approximate surface area is 143 Å². The Kier molecular flexibility index (Phi) is 4.96. The molecule has 1 amide bonds. The largest absolute Gasteiger partial charge is 0.493 e. The average Bonchev–Trinajstić information content (AvgIpc) is 2.60. The van der Waals surface area contributed by atoms with Crippen LogP contribution < -0.4 is 9.47 Å². The number of amides is 1. The smallest absolute Gasteiger partial charge is 0.254 e. The maximum absolute atomic E-state index is 13.2. The first kappa shape index (κ1) is 17.0. The number of nitrogens with zero attached hydrogens (tertiary/aromatic N) is 2. The summed E-state index contributed by atoms with van der Waals surface area (Å²) >= 11 is 0. The van der Waals surface area contributed by atoms with Crippen LogP contribution in [0.2, 0.25) is 0 Å². The van der Waals surface area contributed by atoms with Crippen molar-refractivity contribution in [2.24, 2.45) is 0 Å². The van der Waals surface area contributed by atoms with Gasteiger partial charge in [-0.05, 0) is 38.1 Å². The van der Waals surface area contributed by atoms with Crippen LogP contribution in [0.4, 0.5) is 0 Å². The first-order chi connectivity index (χ1) is 11.5. The molecule has 0 spiro atoms. The molecule has 24 heavy (non-hydrogen) atoms. The molecule has 0 saturated carbocycles. The van der Waals surface area contributed by atoms with Gasteiger partial charge in [0.05, 0.1) is 33.0 Å². The number of ether oxygens (including phenoxy) is 3. The Hall–Kier alpha value is -1.79. The van der Waals surface area contributed by atoms with Crippen molar-refractivity contribution in [3.05, 3.63) is 23.3 Å². The van der Waals surface area contributed by atoms with Crippen molar-refractivity contribution in [3.8, 4) is 11.5 Å².